The summed E-state index contributed by atoms with van der Waals surface area (Å²) < 4.78 is 62.5. The maximum Gasteiger partial charge on any atom is 0.261 e. The molecular weight excluding hydrogens is 1010 g/mol. The second-order valence-corrected chi connectivity index (χ2v) is 35.2. The number of carbonyl (C=O) groups excluding carboxylic acids is 1. The highest BCUT2D eigenvalue weighted by atomic mass is 28.4. The molecule has 0 saturated carbocycles. The Labute approximate surface area is 471 Å². The fourth-order valence-electron chi connectivity index (χ4n) is 12.7. The van der Waals surface area contributed by atoms with Gasteiger partial charge in [-0.2, -0.15) is 0 Å². The zero-order valence-electron chi connectivity index (χ0n) is 49.6. The molecule has 0 unspecified atom stereocenters. The van der Waals surface area contributed by atoms with Crippen molar-refractivity contribution in [2.75, 3.05) is 20.3 Å². The Morgan fingerprint density at radius 1 is 0.667 bits per heavy atom. The molecular formula is C66H96O10Si2. The van der Waals surface area contributed by atoms with E-state index in [0.29, 0.717) is 45.7 Å². The summed E-state index contributed by atoms with van der Waals surface area (Å²) in [7, 11) is -3.21. The van der Waals surface area contributed by atoms with Crippen LogP contribution in [0.4, 0.5) is 0 Å². The van der Waals surface area contributed by atoms with Gasteiger partial charge in [-0.25, -0.2) is 0 Å². The summed E-state index contributed by atoms with van der Waals surface area (Å²) in [4.78, 5) is 14.5. The summed E-state index contributed by atoms with van der Waals surface area (Å²) in [5, 5.41) is 2.51. The van der Waals surface area contributed by atoms with Gasteiger partial charge >= 0.3 is 0 Å². The number of carbonyl (C=O) groups is 1. The Bertz CT molecular complexity index is 2420. The molecule has 8 rings (SSSR count). The van der Waals surface area contributed by atoms with Gasteiger partial charge in [0.25, 0.3) is 8.32 Å². The lowest BCUT2D eigenvalue weighted by molar-refractivity contribution is -0.225. The number of hydrogen-bond donors (Lipinski definition) is 0. The van der Waals surface area contributed by atoms with E-state index in [1.165, 1.54) is 15.9 Å². The first-order valence-corrected chi connectivity index (χ1v) is 34.4. The van der Waals surface area contributed by atoms with Crippen LogP contribution in [0.3, 0.4) is 0 Å². The maximum absolute atomic E-state index is 14.5. The molecule has 4 aromatic carbocycles. The number of benzene rings is 4. The van der Waals surface area contributed by atoms with Gasteiger partial charge in [0, 0.05) is 26.1 Å². The van der Waals surface area contributed by atoms with Gasteiger partial charge in [0.1, 0.15) is 11.9 Å². The molecule has 4 aliphatic heterocycles. The van der Waals surface area contributed by atoms with Crippen LogP contribution in [-0.4, -0.2) is 103 Å². The molecule has 0 bridgehead atoms. The van der Waals surface area contributed by atoms with E-state index in [2.05, 4.69) is 172 Å². The van der Waals surface area contributed by atoms with Crippen molar-refractivity contribution in [2.45, 2.75) is 236 Å². The van der Waals surface area contributed by atoms with Gasteiger partial charge in [-0.3, -0.25) is 4.79 Å². The Kier molecular flexibility index (Phi) is 20.3. The Morgan fingerprint density at radius 2 is 1.28 bits per heavy atom. The van der Waals surface area contributed by atoms with Crippen molar-refractivity contribution in [1.82, 2.24) is 0 Å². The number of methoxy groups -OCH3 is 1. The van der Waals surface area contributed by atoms with Crippen molar-refractivity contribution in [3.05, 3.63) is 126 Å². The third-order valence-electron chi connectivity index (χ3n) is 18.3. The van der Waals surface area contributed by atoms with Crippen LogP contribution in [0, 0.1) is 5.92 Å². The zero-order chi connectivity index (χ0) is 55.8. The third-order valence-corrected chi connectivity index (χ3v) is 28.0. The molecule has 4 fully saturated rings. The largest absolute Gasteiger partial charge is 0.497 e. The minimum Gasteiger partial charge on any atom is -0.497 e. The Balaban J connectivity index is 0.968. The predicted octanol–water partition coefficient (Wildman–Crippen LogP) is 13.5. The first kappa shape index (κ1) is 60.6. The zero-order valence-corrected chi connectivity index (χ0v) is 51.6. The van der Waals surface area contributed by atoms with Crippen LogP contribution < -0.4 is 15.1 Å². The molecule has 10 nitrogen and oxygen atoms in total. The molecule has 0 radical (unpaired) electrons. The van der Waals surface area contributed by atoms with Gasteiger partial charge in [0.2, 0.25) is 0 Å². The molecule has 0 aliphatic carbocycles. The summed E-state index contributed by atoms with van der Waals surface area (Å²) >= 11 is 0. The van der Waals surface area contributed by atoms with E-state index in [4.69, 9.17) is 42.0 Å². The highest BCUT2D eigenvalue weighted by molar-refractivity contribution is 6.99. The van der Waals surface area contributed by atoms with Gasteiger partial charge in [0.15, 0.2) is 14.1 Å². The summed E-state index contributed by atoms with van der Waals surface area (Å²) in [6.07, 6.45) is 6.57. The van der Waals surface area contributed by atoms with E-state index >= 15 is 0 Å². The first-order chi connectivity index (χ1) is 37.1. The average Bonchev–Trinajstić information content (AvgIpc) is 3.88. The van der Waals surface area contributed by atoms with E-state index < -0.39 is 40.0 Å². The Morgan fingerprint density at radius 3 is 1.91 bits per heavy atom. The molecule has 12 heteroatoms. The standard InChI is InChI=1S/C66H96O10Si2/c1-48-44-62-65(8,75-55(48)30-22-43-71-78(64(5,6)7,52-26-18-14-19-27-52)53-28-20-15-21-29-53)40-38-54(67)59(74-62)45-60-56(70-47-50-32-34-51(68-10)35-33-50)36-37-57-58(72-60)39-41-66(9,76-77(11,12)63(2,3)4)61(73-57)31-23-42-69-46-49-24-16-13-17-25-49/h13-21,24-29,32-35,48,55-62H,22-23,30-31,36-47H2,1-12H3/t48-,55-,56+,57-,58+,59+,60-,61+,62-,65+,66+/m0/s1. The van der Waals surface area contributed by atoms with Crippen LogP contribution in [-0.2, 0) is 55.3 Å². The fourth-order valence-corrected chi connectivity index (χ4v) is 19.0. The van der Waals surface area contributed by atoms with Gasteiger partial charge in [0.05, 0.1) is 74.3 Å². The summed E-state index contributed by atoms with van der Waals surface area (Å²) in [5.74, 6) is 1.14. The number of hydrogen-bond acceptors (Lipinski definition) is 10. The van der Waals surface area contributed by atoms with Crippen molar-refractivity contribution in [3.63, 3.8) is 0 Å². The van der Waals surface area contributed by atoms with Gasteiger partial charge < -0.3 is 42.0 Å². The van der Waals surface area contributed by atoms with E-state index in [1.807, 2.05) is 18.2 Å². The third kappa shape index (κ3) is 14.6. The Hall–Kier alpha value is -3.54. The molecule has 78 heavy (non-hydrogen) atoms. The fraction of sp³-hybridized carbons (Fsp3) is 0.621. The maximum atomic E-state index is 14.5. The van der Waals surface area contributed by atoms with Crippen LogP contribution in [0.15, 0.2) is 115 Å². The molecule has 0 N–H and O–H groups in total. The molecule has 428 valence electrons. The van der Waals surface area contributed by atoms with Gasteiger partial charge in [-0.15, -0.1) is 0 Å². The first-order valence-electron chi connectivity index (χ1n) is 29.6. The molecule has 0 aromatic heterocycles. The quantitative estimate of drug-likeness (QED) is 0.0592. The lowest BCUT2D eigenvalue weighted by Crippen LogP contribution is -2.66. The van der Waals surface area contributed by atoms with Crippen molar-refractivity contribution in [1.29, 1.82) is 0 Å². The highest BCUT2D eigenvalue weighted by Crippen LogP contribution is 2.47. The number of rotatable bonds is 21. The van der Waals surface area contributed by atoms with Crippen LogP contribution in [0.25, 0.3) is 0 Å². The number of fused-ring (bicyclic) bond motifs is 2. The van der Waals surface area contributed by atoms with E-state index in [9.17, 15) is 4.79 Å². The van der Waals surface area contributed by atoms with Gasteiger partial charge in [-0.1, -0.05) is 152 Å². The topological polar surface area (TPSA) is 100 Å². The second-order valence-electron chi connectivity index (χ2n) is 26.2. The second kappa shape index (κ2) is 26.1. The average molecular weight is 1110 g/mol. The number of Topliss-reactive ketones (excluding diaryl/α,β-unsaturated/α-hetero) is 1. The molecule has 4 aromatic rings. The highest BCUT2D eigenvalue weighted by Gasteiger charge is 2.54. The SMILES string of the molecule is COc1ccc(CO[C@@H]2CC[C@@H]3O[C@H](CCCOCc4ccccc4)[C@](C)(O[Si](C)(C)C(C)(C)C)CC[C@H]3O[C@H]2C[C@H]2O[C@H]3C[C@H](C)[C@H](CCCO[Si](c4ccccc4)(c4ccccc4)C(C)(C)C)O[C@]3(C)CCC2=O)cc1. The molecule has 11 atom stereocenters. The van der Waals surface area contributed by atoms with Crippen LogP contribution >= 0.6 is 0 Å². The van der Waals surface area contributed by atoms with E-state index in [-0.39, 0.29) is 58.4 Å². The normalized spacial score (nSPS) is 29.4. The lowest BCUT2D eigenvalue weighted by Gasteiger charge is -2.47. The molecule has 4 saturated heterocycles. The predicted molar refractivity (Wildman–Crippen MR) is 317 cm³/mol. The lowest BCUT2D eigenvalue weighted by atomic mass is 9.80. The van der Waals surface area contributed by atoms with Crippen LogP contribution in [0.5, 0.6) is 5.75 Å². The van der Waals surface area contributed by atoms with Crippen LogP contribution in [0.1, 0.15) is 150 Å². The molecule has 4 aliphatic rings. The van der Waals surface area contributed by atoms with Crippen molar-refractivity contribution < 1.29 is 46.8 Å². The molecule has 0 amide bonds. The summed E-state index contributed by atoms with van der Waals surface area (Å²) in [6, 6.07) is 40.1. The van der Waals surface area contributed by atoms with E-state index in [1.54, 1.807) is 7.11 Å². The van der Waals surface area contributed by atoms with Crippen molar-refractivity contribution in [2.24, 2.45) is 5.92 Å². The minimum atomic E-state index is -2.66. The minimum absolute atomic E-state index is 0.0225. The number of ketones is 1. The summed E-state index contributed by atoms with van der Waals surface area (Å²) in [5.41, 5.74) is 1.10. The monoisotopic (exact) mass is 1100 g/mol. The van der Waals surface area contributed by atoms with E-state index in [0.717, 1.165) is 69.1 Å². The van der Waals surface area contributed by atoms with Gasteiger partial charge in [-0.05, 0) is 141 Å². The molecule has 4 heterocycles. The van der Waals surface area contributed by atoms with Crippen molar-refractivity contribution >= 4 is 32.8 Å². The summed E-state index contributed by atoms with van der Waals surface area (Å²) in [6.45, 7) is 27.6. The number of ether oxygens (including phenoxy) is 7. The van der Waals surface area contributed by atoms with Crippen molar-refractivity contribution in [3.8, 4) is 5.75 Å². The molecule has 0 spiro atoms. The smallest absolute Gasteiger partial charge is 0.261 e. The van der Waals surface area contributed by atoms with Crippen LogP contribution in [0.2, 0.25) is 23.2 Å².